The minimum atomic E-state index is -0.276. The van der Waals surface area contributed by atoms with Crippen molar-refractivity contribution in [3.8, 4) is 5.88 Å². The van der Waals surface area contributed by atoms with E-state index in [1.54, 1.807) is 36.8 Å². The SMILES string of the molecule is COc1ncccc1NC(=O)NC1CCCN(c2ncccn2)C1. The van der Waals surface area contributed by atoms with Gasteiger partial charge in [-0.1, -0.05) is 0 Å². The Labute approximate surface area is 140 Å². The number of hydrogen-bond acceptors (Lipinski definition) is 6. The van der Waals surface area contributed by atoms with Crippen LogP contribution in [0, 0.1) is 0 Å². The highest BCUT2D eigenvalue weighted by atomic mass is 16.5. The molecule has 2 aromatic rings. The second kappa shape index (κ2) is 7.58. The topological polar surface area (TPSA) is 92.3 Å². The van der Waals surface area contributed by atoms with E-state index in [2.05, 4.69) is 30.5 Å². The second-order valence-electron chi connectivity index (χ2n) is 5.49. The fourth-order valence-electron chi connectivity index (χ4n) is 2.72. The van der Waals surface area contributed by atoms with Crippen molar-refractivity contribution in [3.05, 3.63) is 36.8 Å². The maximum Gasteiger partial charge on any atom is 0.319 e. The van der Waals surface area contributed by atoms with Gasteiger partial charge in [0.05, 0.1) is 7.11 Å². The maximum absolute atomic E-state index is 12.2. The molecule has 2 amide bonds. The zero-order valence-corrected chi connectivity index (χ0v) is 13.5. The fraction of sp³-hybridized carbons (Fsp3) is 0.375. The molecule has 3 rings (SSSR count). The lowest BCUT2D eigenvalue weighted by molar-refractivity contribution is 0.246. The quantitative estimate of drug-likeness (QED) is 0.887. The van der Waals surface area contributed by atoms with Gasteiger partial charge in [0.25, 0.3) is 0 Å². The van der Waals surface area contributed by atoms with Crippen LogP contribution in [0.4, 0.5) is 16.4 Å². The van der Waals surface area contributed by atoms with Gasteiger partial charge in [0.1, 0.15) is 5.69 Å². The summed E-state index contributed by atoms with van der Waals surface area (Å²) in [6.45, 7) is 1.57. The highest BCUT2D eigenvalue weighted by Crippen LogP contribution is 2.20. The molecule has 126 valence electrons. The second-order valence-corrected chi connectivity index (χ2v) is 5.49. The van der Waals surface area contributed by atoms with E-state index in [0.29, 0.717) is 24.1 Å². The van der Waals surface area contributed by atoms with Crippen molar-refractivity contribution >= 4 is 17.7 Å². The lowest BCUT2D eigenvalue weighted by atomic mass is 10.1. The summed E-state index contributed by atoms with van der Waals surface area (Å²) < 4.78 is 5.13. The van der Waals surface area contributed by atoms with Crippen LogP contribution in [-0.4, -0.2) is 47.2 Å². The maximum atomic E-state index is 12.2. The van der Waals surface area contributed by atoms with Crippen molar-refractivity contribution < 1.29 is 9.53 Å². The third-order valence-electron chi connectivity index (χ3n) is 3.80. The number of anilines is 2. The van der Waals surface area contributed by atoms with Gasteiger partial charge in [-0.05, 0) is 31.0 Å². The number of amides is 2. The first kappa shape index (κ1) is 16.0. The first-order valence-electron chi connectivity index (χ1n) is 7.85. The molecule has 1 saturated heterocycles. The summed E-state index contributed by atoms with van der Waals surface area (Å²) in [7, 11) is 1.52. The Hall–Kier alpha value is -2.90. The van der Waals surface area contributed by atoms with E-state index in [1.165, 1.54) is 7.11 Å². The molecule has 1 aliphatic heterocycles. The molecule has 1 fully saturated rings. The molecule has 0 radical (unpaired) electrons. The van der Waals surface area contributed by atoms with Crippen molar-refractivity contribution in [2.75, 3.05) is 30.4 Å². The largest absolute Gasteiger partial charge is 0.480 e. The van der Waals surface area contributed by atoms with E-state index in [4.69, 9.17) is 4.74 Å². The molecule has 0 aliphatic carbocycles. The zero-order valence-electron chi connectivity index (χ0n) is 13.5. The number of carbonyl (C=O) groups is 1. The van der Waals surface area contributed by atoms with Gasteiger partial charge in [-0.2, -0.15) is 0 Å². The third-order valence-corrected chi connectivity index (χ3v) is 3.80. The van der Waals surface area contributed by atoms with E-state index in [-0.39, 0.29) is 12.1 Å². The number of nitrogens with one attached hydrogen (secondary N) is 2. The molecule has 0 spiro atoms. The first-order chi connectivity index (χ1) is 11.8. The smallest absolute Gasteiger partial charge is 0.319 e. The van der Waals surface area contributed by atoms with E-state index >= 15 is 0 Å². The van der Waals surface area contributed by atoms with Crippen LogP contribution in [-0.2, 0) is 0 Å². The molecule has 0 bridgehead atoms. The predicted octanol–water partition coefficient (Wildman–Crippen LogP) is 1.67. The van der Waals surface area contributed by atoms with Crippen LogP contribution in [0.5, 0.6) is 5.88 Å². The van der Waals surface area contributed by atoms with Gasteiger partial charge in [-0.25, -0.2) is 19.7 Å². The van der Waals surface area contributed by atoms with Gasteiger partial charge in [0, 0.05) is 37.7 Å². The predicted molar refractivity (Wildman–Crippen MR) is 90.2 cm³/mol. The Morgan fingerprint density at radius 1 is 1.25 bits per heavy atom. The van der Waals surface area contributed by atoms with Crippen LogP contribution in [0.2, 0.25) is 0 Å². The average Bonchev–Trinajstić information content (AvgIpc) is 2.63. The number of carbonyl (C=O) groups excluding carboxylic acids is 1. The molecule has 0 aromatic carbocycles. The Kier molecular flexibility index (Phi) is 5.05. The minimum Gasteiger partial charge on any atom is -0.480 e. The molecule has 2 N–H and O–H groups in total. The molecule has 1 aliphatic rings. The number of ether oxygens (including phenoxy) is 1. The first-order valence-corrected chi connectivity index (χ1v) is 7.85. The monoisotopic (exact) mass is 328 g/mol. The Morgan fingerprint density at radius 2 is 2.04 bits per heavy atom. The average molecular weight is 328 g/mol. The van der Waals surface area contributed by atoms with E-state index in [1.807, 2.05) is 0 Å². The van der Waals surface area contributed by atoms with Crippen molar-refractivity contribution in [1.82, 2.24) is 20.3 Å². The van der Waals surface area contributed by atoms with Crippen LogP contribution in [0.1, 0.15) is 12.8 Å². The Balaban J connectivity index is 1.58. The molecule has 1 unspecified atom stereocenters. The minimum absolute atomic E-state index is 0.0326. The van der Waals surface area contributed by atoms with E-state index in [9.17, 15) is 4.79 Å². The Bertz CT molecular complexity index is 681. The molecule has 1 atom stereocenters. The highest BCUT2D eigenvalue weighted by molar-refractivity contribution is 5.90. The van der Waals surface area contributed by atoms with Crippen molar-refractivity contribution in [2.45, 2.75) is 18.9 Å². The molecule has 24 heavy (non-hydrogen) atoms. The van der Waals surface area contributed by atoms with Gasteiger partial charge in [-0.15, -0.1) is 0 Å². The number of methoxy groups -OCH3 is 1. The van der Waals surface area contributed by atoms with Crippen LogP contribution >= 0.6 is 0 Å². The van der Waals surface area contributed by atoms with Gasteiger partial charge >= 0.3 is 6.03 Å². The standard InChI is InChI=1S/C16H20N6O2/c1-24-14-13(6-2-7-17-14)21-16(23)20-12-5-3-10-22(11-12)15-18-8-4-9-19-15/h2,4,6-9,12H,3,5,10-11H2,1H3,(H2,20,21,23). The van der Waals surface area contributed by atoms with Crippen LogP contribution in [0.25, 0.3) is 0 Å². The van der Waals surface area contributed by atoms with Gasteiger partial charge < -0.3 is 20.3 Å². The third kappa shape index (κ3) is 3.89. The van der Waals surface area contributed by atoms with Crippen molar-refractivity contribution in [3.63, 3.8) is 0 Å². The molecular formula is C16H20N6O2. The fourth-order valence-corrected chi connectivity index (χ4v) is 2.72. The lowest BCUT2D eigenvalue weighted by Gasteiger charge is -2.33. The molecular weight excluding hydrogens is 308 g/mol. The lowest BCUT2D eigenvalue weighted by Crippen LogP contribution is -2.49. The van der Waals surface area contributed by atoms with Crippen LogP contribution < -0.4 is 20.3 Å². The van der Waals surface area contributed by atoms with Gasteiger partial charge in [-0.3, -0.25) is 0 Å². The molecule has 3 heterocycles. The van der Waals surface area contributed by atoms with Crippen LogP contribution in [0.3, 0.4) is 0 Å². The summed E-state index contributed by atoms with van der Waals surface area (Å²) in [6.07, 6.45) is 6.95. The molecule has 2 aromatic heterocycles. The molecule has 8 heteroatoms. The molecule has 0 saturated carbocycles. The van der Waals surface area contributed by atoms with Crippen LogP contribution in [0.15, 0.2) is 36.8 Å². The van der Waals surface area contributed by atoms with Crippen molar-refractivity contribution in [1.29, 1.82) is 0 Å². The number of urea groups is 1. The summed E-state index contributed by atoms with van der Waals surface area (Å²) in [5, 5.41) is 5.76. The van der Waals surface area contributed by atoms with E-state index < -0.39 is 0 Å². The summed E-state index contributed by atoms with van der Waals surface area (Å²) in [4.78, 5) is 26.9. The summed E-state index contributed by atoms with van der Waals surface area (Å²) >= 11 is 0. The van der Waals surface area contributed by atoms with Crippen molar-refractivity contribution in [2.24, 2.45) is 0 Å². The van der Waals surface area contributed by atoms with E-state index in [0.717, 1.165) is 19.4 Å². The normalized spacial score (nSPS) is 17.2. The van der Waals surface area contributed by atoms with Gasteiger partial charge in [0.15, 0.2) is 0 Å². The molecule has 8 nitrogen and oxygen atoms in total. The highest BCUT2D eigenvalue weighted by Gasteiger charge is 2.23. The number of pyridine rings is 1. The number of hydrogen-bond donors (Lipinski definition) is 2. The van der Waals surface area contributed by atoms with Gasteiger partial charge in [0.2, 0.25) is 11.8 Å². The zero-order chi connectivity index (χ0) is 16.8. The number of piperidine rings is 1. The number of nitrogens with zero attached hydrogens (tertiary/aromatic N) is 4. The number of aromatic nitrogens is 3. The summed E-state index contributed by atoms with van der Waals surface area (Å²) in [5.41, 5.74) is 0.538. The summed E-state index contributed by atoms with van der Waals surface area (Å²) in [5.74, 6) is 1.08. The summed E-state index contributed by atoms with van der Waals surface area (Å²) in [6, 6.07) is 5.04. The number of rotatable bonds is 4. The Morgan fingerprint density at radius 3 is 2.83 bits per heavy atom.